The fourth-order valence-electron chi connectivity index (χ4n) is 10.2. The van der Waals surface area contributed by atoms with Crippen molar-refractivity contribution in [3.05, 3.63) is 173 Å². The van der Waals surface area contributed by atoms with Crippen LogP contribution in [0.5, 0.6) is 0 Å². The second-order valence-electron chi connectivity index (χ2n) is 15.4. The molecule has 2 aromatic rings. The number of benzene rings is 2. The smallest absolute Gasteiger partial charge is 0.0583 e. The third kappa shape index (κ3) is 4.80. The molecule has 1 heterocycles. The summed E-state index contributed by atoms with van der Waals surface area (Å²) in [6, 6.07) is 16.9. The van der Waals surface area contributed by atoms with Crippen LogP contribution in [0.1, 0.15) is 92.4 Å². The SMILES string of the molecule is CC1(C)c2c(ccc3c2N(C2CCC(C4=CCC(c5ccccc5)C=C4)=CC(C4=CC=CCC4)C2)C2C=CC=CC32)C2C=CC=CC21. The zero-order valence-corrected chi connectivity index (χ0v) is 27.9. The third-order valence-electron chi connectivity index (χ3n) is 12.5. The minimum Gasteiger partial charge on any atom is -0.361 e. The van der Waals surface area contributed by atoms with Crippen LogP contribution in [0.15, 0.2) is 150 Å². The first-order valence-corrected chi connectivity index (χ1v) is 18.2. The highest BCUT2D eigenvalue weighted by Gasteiger charge is 2.51. The molecule has 0 aromatic heterocycles. The van der Waals surface area contributed by atoms with Gasteiger partial charge in [0.05, 0.1) is 6.04 Å². The summed E-state index contributed by atoms with van der Waals surface area (Å²) in [4.78, 5) is 2.95. The second-order valence-corrected chi connectivity index (χ2v) is 15.4. The predicted octanol–water partition coefficient (Wildman–Crippen LogP) is 11.2. The lowest BCUT2D eigenvalue weighted by Crippen LogP contribution is -2.43. The van der Waals surface area contributed by atoms with E-state index in [0.29, 0.717) is 41.7 Å². The summed E-state index contributed by atoms with van der Waals surface area (Å²) in [6.45, 7) is 5.04. The summed E-state index contributed by atoms with van der Waals surface area (Å²) in [6.07, 6.45) is 43.2. The number of rotatable bonds is 4. The summed E-state index contributed by atoms with van der Waals surface area (Å²) in [7, 11) is 0. The number of hydrogen-bond donors (Lipinski definition) is 0. The van der Waals surface area contributed by atoms with Gasteiger partial charge in [-0.25, -0.2) is 0 Å². The van der Waals surface area contributed by atoms with E-state index >= 15 is 0 Å². The Balaban J connectivity index is 1.10. The van der Waals surface area contributed by atoms with Crippen LogP contribution in [0.2, 0.25) is 0 Å². The van der Waals surface area contributed by atoms with E-state index in [1.165, 1.54) is 30.4 Å². The Hall–Kier alpha value is -4.10. The molecule has 1 heteroatoms. The average Bonchev–Trinajstić information content (AvgIpc) is 3.46. The molecular weight excluding hydrogens is 567 g/mol. The summed E-state index contributed by atoms with van der Waals surface area (Å²) < 4.78 is 0. The van der Waals surface area contributed by atoms with E-state index in [0.717, 1.165) is 19.3 Å². The maximum Gasteiger partial charge on any atom is 0.0583 e. The largest absolute Gasteiger partial charge is 0.361 e. The van der Waals surface area contributed by atoms with Crippen molar-refractivity contribution >= 4 is 5.69 Å². The molecular formula is C46H47N. The van der Waals surface area contributed by atoms with Crippen LogP contribution in [0.3, 0.4) is 0 Å². The van der Waals surface area contributed by atoms with E-state index in [1.807, 2.05) is 0 Å². The first-order valence-electron chi connectivity index (χ1n) is 18.2. The highest BCUT2D eigenvalue weighted by Crippen LogP contribution is 2.60. The van der Waals surface area contributed by atoms with Crippen LogP contribution in [-0.2, 0) is 5.41 Å². The van der Waals surface area contributed by atoms with E-state index in [9.17, 15) is 0 Å². The normalized spacial score (nSPS) is 32.6. The molecule has 1 aliphatic heterocycles. The van der Waals surface area contributed by atoms with Crippen molar-refractivity contribution in [1.29, 1.82) is 0 Å². The highest BCUT2D eigenvalue weighted by atomic mass is 15.2. The lowest BCUT2D eigenvalue weighted by molar-refractivity contribution is 0.392. The van der Waals surface area contributed by atoms with Gasteiger partial charge in [0, 0.05) is 35.4 Å². The van der Waals surface area contributed by atoms with Gasteiger partial charge in [0.1, 0.15) is 0 Å². The summed E-state index contributed by atoms with van der Waals surface area (Å²) in [5.74, 6) is 2.36. The molecule has 1 nitrogen and oxygen atoms in total. The molecule has 9 rings (SSSR count). The second kappa shape index (κ2) is 11.6. The van der Waals surface area contributed by atoms with E-state index in [1.54, 1.807) is 33.5 Å². The van der Waals surface area contributed by atoms with Gasteiger partial charge in [-0.05, 0) is 83.3 Å². The standard InChI is InChI=1S/C46H47N/c1-46(2)42-19-11-9-17-38(42)40-27-28-41-39-18-10-12-20-43(39)47(45(41)44(40)46)37-26-25-35(29-36(30-37)32-15-7-4-8-16-32)34-23-21-33(22-24-34)31-13-5-3-6-14-31/h3-7,9-15,17-21,23-24,27-29,33,36-39,42-43H,8,16,22,25-26,30H2,1-2H3. The predicted molar refractivity (Wildman–Crippen MR) is 198 cm³/mol. The lowest BCUT2D eigenvalue weighted by atomic mass is 9.74. The number of fused-ring (bicyclic) bond motifs is 7. The Labute approximate surface area is 281 Å². The molecule has 236 valence electrons. The lowest BCUT2D eigenvalue weighted by Gasteiger charge is -2.40. The Bertz CT molecular complexity index is 1850. The fourth-order valence-corrected chi connectivity index (χ4v) is 10.2. The molecule has 0 amide bonds. The molecule has 6 aliphatic carbocycles. The quantitative estimate of drug-likeness (QED) is 0.332. The van der Waals surface area contributed by atoms with Gasteiger partial charge in [-0.2, -0.15) is 0 Å². The summed E-state index contributed by atoms with van der Waals surface area (Å²) >= 11 is 0. The van der Waals surface area contributed by atoms with Gasteiger partial charge in [0.15, 0.2) is 0 Å². The van der Waals surface area contributed by atoms with E-state index in [2.05, 4.69) is 152 Å². The molecule has 47 heavy (non-hydrogen) atoms. The molecule has 0 saturated carbocycles. The van der Waals surface area contributed by atoms with Crippen molar-refractivity contribution in [2.75, 3.05) is 4.90 Å². The zero-order valence-electron chi connectivity index (χ0n) is 27.9. The Morgan fingerprint density at radius 2 is 1.57 bits per heavy atom. The summed E-state index contributed by atoms with van der Waals surface area (Å²) in [5, 5.41) is 0. The molecule has 0 radical (unpaired) electrons. The van der Waals surface area contributed by atoms with E-state index in [4.69, 9.17) is 0 Å². The van der Waals surface area contributed by atoms with Gasteiger partial charge >= 0.3 is 0 Å². The molecule has 0 fully saturated rings. The van der Waals surface area contributed by atoms with Crippen LogP contribution in [0, 0.1) is 11.8 Å². The first kappa shape index (κ1) is 29.1. The number of anilines is 1. The van der Waals surface area contributed by atoms with Crippen molar-refractivity contribution in [3.63, 3.8) is 0 Å². The minimum absolute atomic E-state index is 0.0863. The Morgan fingerprint density at radius 3 is 2.38 bits per heavy atom. The van der Waals surface area contributed by atoms with Crippen molar-refractivity contribution in [2.24, 2.45) is 11.8 Å². The van der Waals surface area contributed by atoms with Gasteiger partial charge in [-0.15, -0.1) is 0 Å². The monoisotopic (exact) mass is 613 g/mol. The highest BCUT2D eigenvalue weighted by molar-refractivity contribution is 5.76. The van der Waals surface area contributed by atoms with Gasteiger partial charge in [0.2, 0.25) is 0 Å². The zero-order chi connectivity index (χ0) is 31.5. The van der Waals surface area contributed by atoms with Crippen molar-refractivity contribution < 1.29 is 0 Å². The molecule has 0 N–H and O–H groups in total. The molecule has 0 bridgehead atoms. The molecule has 7 atom stereocenters. The summed E-state index contributed by atoms with van der Waals surface area (Å²) in [5.41, 5.74) is 12.4. The van der Waals surface area contributed by atoms with E-state index < -0.39 is 0 Å². The van der Waals surface area contributed by atoms with E-state index in [-0.39, 0.29) is 5.41 Å². The van der Waals surface area contributed by atoms with Crippen molar-refractivity contribution in [2.45, 2.75) is 87.6 Å². The average molecular weight is 614 g/mol. The molecule has 7 aliphatic rings. The van der Waals surface area contributed by atoms with Crippen LogP contribution in [0.25, 0.3) is 0 Å². The van der Waals surface area contributed by atoms with Crippen LogP contribution in [0.4, 0.5) is 5.69 Å². The van der Waals surface area contributed by atoms with Gasteiger partial charge in [0.25, 0.3) is 0 Å². The van der Waals surface area contributed by atoms with Crippen LogP contribution >= 0.6 is 0 Å². The number of hydrogen-bond acceptors (Lipinski definition) is 1. The maximum absolute atomic E-state index is 2.95. The van der Waals surface area contributed by atoms with Crippen molar-refractivity contribution in [3.8, 4) is 0 Å². The van der Waals surface area contributed by atoms with Crippen LogP contribution in [-0.4, -0.2) is 12.1 Å². The Kier molecular flexibility index (Phi) is 7.14. The fraction of sp³-hybridized carbons (Fsp3) is 0.348. The van der Waals surface area contributed by atoms with Gasteiger partial charge < -0.3 is 4.90 Å². The number of allylic oxidation sites excluding steroid dienone is 16. The number of nitrogens with zero attached hydrogens (tertiary/aromatic N) is 1. The minimum atomic E-state index is 0.0863. The Morgan fingerprint density at radius 1 is 0.766 bits per heavy atom. The van der Waals surface area contributed by atoms with Crippen molar-refractivity contribution in [1.82, 2.24) is 0 Å². The maximum atomic E-state index is 2.95. The van der Waals surface area contributed by atoms with Gasteiger partial charge in [-0.3, -0.25) is 0 Å². The van der Waals surface area contributed by atoms with Gasteiger partial charge in [-0.1, -0.05) is 153 Å². The molecule has 0 saturated heterocycles. The first-order chi connectivity index (χ1) is 23.1. The topological polar surface area (TPSA) is 3.24 Å². The van der Waals surface area contributed by atoms with Crippen LogP contribution < -0.4 is 4.90 Å². The molecule has 0 spiro atoms. The molecule has 7 unspecified atom stereocenters. The third-order valence-corrected chi connectivity index (χ3v) is 12.5. The molecule has 2 aromatic carbocycles.